The van der Waals surface area contributed by atoms with E-state index in [0.29, 0.717) is 23.0 Å². The zero-order valence-electron chi connectivity index (χ0n) is 20.0. The zero-order valence-corrected chi connectivity index (χ0v) is 22.7. The van der Waals surface area contributed by atoms with E-state index in [2.05, 4.69) is 40.3 Å². The van der Waals surface area contributed by atoms with Gasteiger partial charge in [-0.2, -0.15) is 8.62 Å². The van der Waals surface area contributed by atoms with E-state index in [1.165, 1.54) is 10.9 Å². The van der Waals surface area contributed by atoms with Crippen LogP contribution >= 0.6 is 23.5 Å². The highest BCUT2D eigenvalue weighted by Crippen LogP contribution is 2.66. The average molecular weight is 599 g/mol. The molecule has 3 unspecified atom stereocenters. The molecule has 5 atom stereocenters. The molecule has 0 radical (unpaired) electrons. The predicted molar refractivity (Wildman–Crippen MR) is 131 cm³/mol. The number of fused-ring (bicyclic) bond motifs is 1. The fraction of sp³-hybridized carbons (Fsp3) is 0.556. The second-order valence-corrected chi connectivity index (χ2v) is 12.5. The Morgan fingerprint density at radius 2 is 1.92 bits per heavy atom. The first-order chi connectivity index (χ1) is 17.7. The van der Waals surface area contributed by atoms with Gasteiger partial charge < -0.3 is 45.0 Å². The molecule has 1 aliphatic heterocycles. The van der Waals surface area contributed by atoms with Gasteiger partial charge in [-0.05, 0) is 26.4 Å². The molecule has 1 saturated heterocycles. The minimum absolute atomic E-state index is 0.0901. The monoisotopic (exact) mass is 599 g/mol. The highest BCUT2D eigenvalue weighted by Gasteiger charge is 2.42. The van der Waals surface area contributed by atoms with Crippen molar-refractivity contribution in [3.8, 4) is 11.8 Å². The van der Waals surface area contributed by atoms with Gasteiger partial charge in [0, 0.05) is 19.0 Å². The first-order valence-electron chi connectivity index (χ1n) is 11.1. The molecule has 0 aromatic carbocycles. The van der Waals surface area contributed by atoms with Gasteiger partial charge in [-0.3, -0.25) is 4.52 Å². The molecule has 1 fully saturated rings. The summed E-state index contributed by atoms with van der Waals surface area (Å²) < 4.78 is 53.4. The van der Waals surface area contributed by atoms with Crippen molar-refractivity contribution in [1.29, 1.82) is 0 Å². The number of ether oxygens (including phenoxy) is 1. The number of nitrogens with one attached hydrogen (secondary N) is 1. The Morgan fingerprint density at radius 1 is 1.18 bits per heavy atom. The quantitative estimate of drug-likeness (QED) is 0.101. The highest BCUT2D eigenvalue weighted by molar-refractivity contribution is 7.66. The normalized spacial score (nSPS) is 23.1. The molecule has 0 saturated carbocycles. The standard InChI is InChI=1S/C18H28N5O12P3/c1-20-7-5-3-2-4-6-12-9-23(17-15(12)16(19)21-11-22-17)18-14(24)8-13(33-18)10-32-37(28,29)35-38(30,31)34-36(25,26)27/h9,11,13-14,18,20,24H,2-3,5,7-8,10H2,1H3,(H,28,29)(H,30,31)(H2,19,21,22)(H2,25,26,27)/t13-,14?,18+/m0/s1. The Balaban J connectivity index is 1.71. The van der Waals surface area contributed by atoms with Crippen LogP contribution in [0.1, 0.15) is 37.5 Å². The summed E-state index contributed by atoms with van der Waals surface area (Å²) in [4.78, 5) is 44.3. The zero-order chi connectivity index (χ0) is 28.1. The van der Waals surface area contributed by atoms with Crippen LogP contribution in [0.2, 0.25) is 0 Å². The molecule has 2 aromatic rings. The number of hydrogen-bond donors (Lipinski definition) is 7. The Hall–Kier alpha value is -1.73. The lowest BCUT2D eigenvalue weighted by atomic mass is 10.2. The van der Waals surface area contributed by atoms with Gasteiger partial charge in [-0.15, -0.1) is 0 Å². The lowest BCUT2D eigenvalue weighted by molar-refractivity contribution is -0.0478. The third kappa shape index (κ3) is 8.64. The van der Waals surface area contributed by atoms with Gasteiger partial charge in [0.25, 0.3) is 0 Å². The second-order valence-electron chi connectivity index (χ2n) is 8.11. The molecule has 20 heteroatoms. The van der Waals surface area contributed by atoms with E-state index >= 15 is 0 Å². The van der Waals surface area contributed by atoms with Crippen LogP contribution in [0.25, 0.3) is 11.0 Å². The number of phosphoric acid groups is 3. The van der Waals surface area contributed by atoms with Crippen LogP contribution in [-0.2, 0) is 31.6 Å². The van der Waals surface area contributed by atoms with Crippen LogP contribution in [0.5, 0.6) is 0 Å². The van der Waals surface area contributed by atoms with Gasteiger partial charge >= 0.3 is 23.5 Å². The molecule has 3 heterocycles. The smallest absolute Gasteiger partial charge is 0.388 e. The van der Waals surface area contributed by atoms with E-state index in [0.717, 1.165) is 19.4 Å². The van der Waals surface area contributed by atoms with E-state index in [1.54, 1.807) is 6.20 Å². The largest absolute Gasteiger partial charge is 0.490 e. The van der Waals surface area contributed by atoms with Crippen molar-refractivity contribution in [2.24, 2.45) is 0 Å². The molecule has 0 aliphatic carbocycles. The lowest BCUT2D eigenvalue weighted by Crippen LogP contribution is -2.19. The first kappa shape index (κ1) is 30.8. The molecule has 38 heavy (non-hydrogen) atoms. The highest BCUT2D eigenvalue weighted by atomic mass is 31.3. The molecule has 1 aliphatic rings. The first-order valence-corrected chi connectivity index (χ1v) is 15.6. The van der Waals surface area contributed by atoms with Crippen LogP contribution < -0.4 is 11.1 Å². The van der Waals surface area contributed by atoms with Crippen molar-refractivity contribution < 1.29 is 56.3 Å². The van der Waals surface area contributed by atoms with Gasteiger partial charge in [0.1, 0.15) is 23.9 Å². The number of rotatable bonds is 12. The Labute approximate surface area is 216 Å². The molecule has 8 N–H and O–H groups in total. The fourth-order valence-electron chi connectivity index (χ4n) is 3.64. The Kier molecular flexibility index (Phi) is 10.2. The van der Waals surface area contributed by atoms with E-state index in [4.69, 9.17) is 20.3 Å². The Bertz CT molecular complexity index is 1340. The number of unbranched alkanes of at least 4 members (excludes halogenated alkanes) is 2. The van der Waals surface area contributed by atoms with Crippen LogP contribution in [0.3, 0.4) is 0 Å². The molecule has 0 bridgehead atoms. The lowest BCUT2D eigenvalue weighted by Gasteiger charge is -2.19. The maximum absolute atomic E-state index is 12.0. The number of hydrogen-bond acceptors (Lipinski definition) is 12. The van der Waals surface area contributed by atoms with Gasteiger partial charge in [-0.1, -0.05) is 11.8 Å². The Morgan fingerprint density at radius 3 is 2.61 bits per heavy atom. The van der Waals surface area contributed by atoms with Crippen molar-refractivity contribution in [2.75, 3.05) is 25.9 Å². The number of nitrogens with two attached hydrogens (primary N) is 1. The van der Waals surface area contributed by atoms with E-state index in [1.807, 2.05) is 7.05 Å². The van der Waals surface area contributed by atoms with Gasteiger partial charge in [0.05, 0.1) is 23.7 Å². The van der Waals surface area contributed by atoms with Crippen molar-refractivity contribution in [1.82, 2.24) is 19.9 Å². The topological polar surface area (TPSA) is 258 Å². The number of nitrogen functional groups attached to an aromatic ring is 1. The SMILES string of the molecule is CNCCCCC#Cc1cn([C@@H]2O[C@H](COP(=O)(O)OP(=O)(O)OP(=O)(O)O)CC2O)c2ncnc(N)c12. The number of nitrogens with zero attached hydrogens (tertiary/aromatic N) is 3. The molecular weight excluding hydrogens is 571 g/mol. The molecule has 2 aromatic heterocycles. The summed E-state index contributed by atoms with van der Waals surface area (Å²) in [5.74, 6) is 6.28. The minimum Gasteiger partial charge on any atom is -0.388 e. The van der Waals surface area contributed by atoms with E-state index in [-0.39, 0.29) is 12.2 Å². The van der Waals surface area contributed by atoms with Crippen molar-refractivity contribution in [3.63, 3.8) is 0 Å². The number of phosphoric ester groups is 1. The summed E-state index contributed by atoms with van der Waals surface area (Å²) in [6.07, 6.45) is 2.05. The summed E-state index contributed by atoms with van der Waals surface area (Å²) in [7, 11) is -14.6. The molecule has 212 valence electrons. The summed E-state index contributed by atoms with van der Waals surface area (Å²) in [6, 6.07) is 0. The molecule has 0 amide bonds. The average Bonchev–Trinajstić information content (AvgIpc) is 3.33. The van der Waals surface area contributed by atoms with Crippen LogP contribution in [0.15, 0.2) is 12.5 Å². The van der Waals surface area contributed by atoms with Crippen LogP contribution in [0, 0.1) is 11.8 Å². The maximum atomic E-state index is 12.0. The number of aromatic nitrogens is 3. The number of aliphatic hydroxyl groups excluding tert-OH is 1. The fourth-order valence-corrected chi connectivity index (χ4v) is 6.69. The van der Waals surface area contributed by atoms with Gasteiger partial charge in [-0.25, -0.2) is 23.7 Å². The van der Waals surface area contributed by atoms with Crippen molar-refractivity contribution >= 4 is 40.3 Å². The molecule has 17 nitrogen and oxygen atoms in total. The number of anilines is 1. The summed E-state index contributed by atoms with van der Waals surface area (Å²) in [5, 5.41) is 14.1. The molecule has 3 rings (SSSR count). The van der Waals surface area contributed by atoms with E-state index in [9.17, 15) is 28.6 Å². The van der Waals surface area contributed by atoms with Crippen molar-refractivity contribution in [2.45, 2.75) is 44.1 Å². The summed E-state index contributed by atoms with van der Waals surface area (Å²) in [5.41, 5.74) is 6.89. The molecule has 0 spiro atoms. The third-order valence-corrected chi connectivity index (χ3v) is 8.92. The van der Waals surface area contributed by atoms with Gasteiger partial charge in [0.15, 0.2) is 6.23 Å². The number of aliphatic hydroxyl groups is 1. The van der Waals surface area contributed by atoms with Gasteiger partial charge in [0.2, 0.25) is 0 Å². The van der Waals surface area contributed by atoms with Crippen LogP contribution in [-0.4, -0.2) is 71.6 Å². The summed E-state index contributed by atoms with van der Waals surface area (Å²) in [6.45, 7) is 0.175. The maximum Gasteiger partial charge on any atom is 0.490 e. The minimum atomic E-state index is -5.65. The third-order valence-electron chi connectivity index (χ3n) is 5.12. The van der Waals surface area contributed by atoms with Crippen molar-refractivity contribution in [3.05, 3.63) is 18.1 Å². The van der Waals surface area contributed by atoms with E-state index < -0.39 is 48.5 Å². The predicted octanol–water partition coefficient (Wildman–Crippen LogP) is 0.746. The summed E-state index contributed by atoms with van der Waals surface area (Å²) >= 11 is 0. The second kappa shape index (κ2) is 12.6. The van der Waals surface area contributed by atoms with Crippen LogP contribution in [0.4, 0.5) is 5.82 Å². The molecular formula is C18H28N5O12P3.